The first-order chi connectivity index (χ1) is 17.1. The van der Waals surface area contributed by atoms with E-state index < -0.39 is 23.6 Å². The van der Waals surface area contributed by atoms with Gasteiger partial charge in [0.15, 0.2) is 0 Å². The van der Waals surface area contributed by atoms with Crippen LogP contribution >= 0.6 is 11.6 Å². The Labute approximate surface area is 215 Å². The highest BCUT2D eigenvalue weighted by atomic mass is 35.5. The maximum absolute atomic E-state index is 13.0. The molecule has 0 radical (unpaired) electrons. The molecule has 7 heteroatoms. The number of alkyl halides is 3. The minimum atomic E-state index is -4.41. The van der Waals surface area contributed by atoms with E-state index in [9.17, 15) is 23.1 Å². The highest BCUT2D eigenvalue weighted by molar-refractivity contribution is 6.31. The molecule has 0 aromatic heterocycles. The maximum Gasteiger partial charge on any atom is 0.416 e. The molecule has 2 N–H and O–H groups in total. The second kappa shape index (κ2) is 12.3. The van der Waals surface area contributed by atoms with Gasteiger partial charge in [0.2, 0.25) is 0 Å². The molecule has 0 fully saturated rings. The van der Waals surface area contributed by atoms with Crippen LogP contribution in [0.5, 0.6) is 0 Å². The van der Waals surface area contributed by atoms with Crippen molar-refractivity contribution < 1.29 is 23.1 Å². The molecular weight excluding hydrogens is 487 g/mol. The molecule has 3 rings (SSSR count). The van der Waals surface area contributed by atoms with E-state index in [0.717, 1.165) is 41.2 Å². The number of aliphatic carboxylic acids is 1. The van der Waals surface area contributed by atoms with Gasteiger partial charge in [0, 0.05) is 17.3 Å². The molecule has 2 atom stereocenters. The molecule has 0 amide bonds. The molecule has 0 aliphatic rings. The Bertz CT molecular complexity index is 1160. The van der Waals surface area contributed by atoms with Gasteiger partial charge in [0.05, 0.1) is 11.5 Å². The largest absolute Gasteiger partial charge is 0.481 e. The average Bonchev–Trinajstić information content (AvgIpc) is 2.83. The SMILES string of the molecule is CCCC(C(=O)O)c1cc(NCCC(C)Cc2ccccc2Cl)cc(-c2ccc(C(F)(F)F)cc2)c1. The van der Waals surface area contributed by atoms with Gasteiger partial charge >= 0.3 is 12.1 Å². The van der Waals surface area contributed by atoms with Crippen LogP contribution in [0, 0.1) is 5.92 Å². The van der Waals surface area contributed by atoms with Crippen molar-refractivity contribution in [3.05, 3.63) is 88.4 Å². The van der Waals surface area contributed by atoms with Gasteiger partial charge < -0.3 is 10.4 Å². The molecule has 0 bridgehead atoms. The Morgan fingerprint density at radius 3 is 2.31 bits per heavy atom. The lowest BCUT2D eigenvalue weighted by Gasteiger charge is -2.18. The fraction of sp³-hybridized carbons (Fsp3) is 0.345. The Kier molecular flexibility index (Phi) is 9.43. The molecule has 192 valence electrons. The summed E-state index contributed by atoms with van der Waals surface area (Å²) < 4.78 is 39.0. The third-order valence-electron chi connectivity index (χ3n) is 6.27. The minimum absolute atomic E-state index is 0.363. The van der Waals surface area contributed by atoms with Gasteiger partial charge in [-0.2, -0.15) is 13.2 Å². The highest BCUT2D eigenvalue weighted by Gasteiger charge is 2.30. The minimum Gasteiger partial charge on any atom is -0.481 e. The summed E-state index contributed by atoms with van der Waals surface area (Å²) in [6, 6.07) is 18.2. The van der Waals surface area contributed by atoms with Crippen LogP contribution in [-0.2, 0) is 17.4 Å². The molecule has 0 heterocycles. The molecule has 3 aromatic rings. The summed E-state index contributed by atoms with van der Waals surface area (Å²) in [7, 11) is 0. The van der Waals surface area contributed by atoms with Crippen LogP contribution in [-0.4, -0.2) is 17.6 Å². The van der Waals surface area contributed by atoms with E-state index in [-0.39, 0.29) is 0 Å². The molecule has 0 saturated heterocycles. The molecule has 3 aromatic carbocycles. The molecule has 0 aliphatic carbocycles. The van der Waals surface area contributed by atoms with Crippen molar-refractivity contribution in [1.82, 2.24) is 0 Å². The first-order valence-corrected chi connectivity index (χ1v) is 12.5. The third kappa shape index (κ3) is 7.50. The van der Waals surface area contributed by atoms with Crippen molar-refractivity contribution >= 4 is 23.3 Å². The van der Waals surface area contributed by atoms with Crippen LogP contribution < -0.4 is 5.32 Å². The molecule has 3 nitrogen and oxygen atoms in total. The molecule has 0 aliphatic heterocycles. The van der Waals surface area contributed by atoms with E-state index in [2.05, 4.69) is 12.2 Å². The van der Waals surface area contributed by atoms with Crippen LogP contribution in [0.25, 0.3) is 11.1 Å². The topological polar surface area (TPSA) is 49.3 Å². The lowest BCUT2D eigenvalue weighted by Crippen LogP contribution is -2.13. The van der Waals surface area contributed by atoms with E-state index in [1.54, 1.807) is 6.07 Å². The van der Waals surface area contributed by atoms with Gasteiger partial charge in [0.1, 0.15) is 0 Å². The zero-order valence-corrected chi connectivity index (χ0v) is 21.2. The summed E-state index contributed by atoms with van der Waals surface area (Å²) in [5.41, 5.74) is 3.03. The summed E-state index contributed by atoms with van der Waals surface area (Å²) in [4.78, 5) is 12.0. The lowest BCUT2D eigenvalue weighted by molar-refractivity contribution is -0.139. The van der Waals surface area contributed by atoms with Crippen LogP contribution in [0.3, 0.4) is 0 Å². The summed E-state index contributed by atoms with van der Waals surface area (Å²) in [6.07, 6.45) is -1.54. The predicted molar refractivity (Wildman–Crippen MR) is 140 cm³/mol. The number of halogens is 4. The first kappa shape index (κ1) is 27.6. The quantitative estimate of drug-likeness (QED) is 0.267. The zero-order chi connectivity index (χ0) is 26.3. The summed E-state index contributed by atoms with van der Waals surface area (Å²) >= 11 is 6.28. The second-order valence-electron chi connectivity index (χ2n) is 9.21. The van der Waals surface area contributed by atoms with E-state index in [4.69, 9.17) is 11.6 Å². The number of carboxylic acids is 1. The second-order valence-corrected chi connectivity index (χ2v) is 9.62. The van der Waals surface area contributed by atoms with Crippen molar-refractivity contribution in [1.29, 1.82) is 0 Å². The number of rotatable bonds is 11. The fourth-order valence-corrected chi connectivity index (χ4v) is 4.51. The van der Waals surface area contributed by atoms with E-state index in [1.807, 2.05) is 43.3 Å². The van der Waals surface area contributed by atoms with Crippen LogP contribution in [0.1, 0.15) is 55.7 Å². The van der Waals surface area contributed by atoms with Gasteiger partial charge in [-0.05, 0) is 77.8 Å². The Morgan fingerprint density at radius 1 is 1.00 bits per heavy atom. The molecule has 2 unspecified atom stereocenters. The van der Waals surface area contributed by atoms with Gasteiger partial charge in [-0.1, -0.05) is 68.3 Å². The van der Waals surface area contributed by atoms with Crippen LogP contribution in [0.2, 0.25) is 5.02 Å². The zero-order valence-electron chi connectivity index (χ0n) is 20.4. The molecular formula is C29H31ClF3NO2. The van der Waals surface area contributed by atoms with Crippen molar-refractivity contribution in [2.24, 2.45) is 5.92 Å². The summed E-state index contributed by atoms with van der Waals surface area (Å²) in [5.74, 6) is -1.24. The lowest BCUT2D eigenvalue weighted by atomic mass is 9.91. The molecule has 0 saturated carbocycles. The number of benzene rings is 3. The van der Waals surface area contributed by atoms with Crippen molar-refractivity contribution in [2.75, 3.05) is 11.9 Å². The molecule has 36 heavy (non-hydrogen) atoms. The number of hydrogen-bond acceptors (Lipinski definition) is 2. The van der Waals surface area contributed by atoms with Crippen LogP contribution in [0.4, 0.5) is 18.9 Å². The van der Waals surface area contributed by atoms with Gasteiger partial charge in [-0.3, -0.25) is 4.79 Å². The number of hydrogen-bond donors (Lipinski definition) is 2. The predicted octanol–water partition coefficient (Wildman–Crippen LogP) is 8.67. The summed E-state index contributed by atoms with van der Waals surface area (Å²) in [5, 5.41) is 13.9. The van der Waals surface area contributed by atoms with E-state index in [0.29, 0.717) is 42.0 Å². The van der Waals surface area contributed by atoms with E-state index >= 15 is 0 Å². The number of anilines is 1. The van der Waals surface area contributed by atoms with E-state index in [1.165, 1.54) is 12.1 Å². The van der Waals surface area contributed by atoms with Crippen molar-refractivity contribution in [2.45, 2.75) is 51.6 Å². The van der Waals surface area contributed by atoms with Crippen molar-refractivity contribution in [3.8, 4) is 11.1 Å². The number of nitrogens with one attached hydrogen (secondary N) is 1. The fourth-order valence-electron chi connectivity index (χ4n) is 4.30. The standard InChI is InChI=1S/C29H31ClF3NO2/c1-3-6-26(28(35)36)23-16-22(20-9-11-24(12-10-20)29(31,32)33)17-25(18-23)34-14-13-19(2)15-21-7-4-5-8-27(21)30/h4-5,7-12,16-19,26,34H,3,6,13-15H2,1-2H3,(H,35,36). The first-order valence-electron chi connectivity index (χ1n) is 12.1. The van der Waals surface area contributed by atoms with Gasteiger partial charge in [-0.15, -0.1) is 0 Å². The highest BCUT2D eigenvalue weighted by Crippen LogP contribution is 2.34. The Hall–Kier alpha value is -2.99. The smallest absolute Gasteiger partial charge is 0.416 e. The Morgan fingerprint density at radius 2 is 1.69 bits per heavy atom. The third-order valence-corrected chi connectivity index (χ3v) is 6.64. The number of carboxylic acid groups (broad SMARTS) is 1. The van der Waals surface area contributed by atoms with Gasteiger partial charge in [-0.25, -0.2) is 0 Å². The van der Waals surface area contributed by atoms with Crippen molar-refractivity contribution in [3.63, 3.8) is 0 Å². The maximum atomic E-state index is 13.0. The monoisotopic (exact) mass is 517 g/mol. The average molecular weight is 518 g/mol. The number of carbonyl (C=O) groups is 1. The Balaban J connectivity index is 1.81. The normalized spacial score (nSPS) is 13.3. The van der Waals surface area contributed by atoms with Gasteiger partial charge in [0.25, 0.3) is 0 Å². The van der Waals surface area contributed by atoms with Crippen LogP contribution in [0.15, 0.2) is 66.7 Å². The summed E-state index contributed by atoms with van der Waals surface area (Å²) in [6.45, 7) is 4.74. The molecule has 0 spiro atoms.